The van der Waals surface area contributed by atoms with Crippen molar-refractivity contribution in [3.05, 3.63) is 118 Å². The molecule has 2 heterocycles. The molecule has 2 fully saturated rings. The topological polar surface area (TPSA) is 38.0 Å². The Hall–Kier alpha value is -3.00. The quantitative estimate of drug-likeness (QED) is 0.259. The molecule has 2 saturated carbocycles. The van der Waals surface area contributed by atoms with Gasteiger partial charge in [-0.2, -0.15) is 0 Å². The highest BCUT2D eigenvalue weighted by atomic mass is 31.2. The Bertz CT molecular complexity index is 1680. The van der Waals surface area contributed by atoms with Crippen LogP contribution >= 0.6 is 7.49 Å². The third-order valence-corrected chi connectivity index (χ3v) is 15.0. The van der Waals surface area contributed by atoms with Crippen LogP contribution in [0.3, 0.4) is 0 Å². The van der Waals surface area contributed by atoms with Crippen LogP contribution < -0.4 is 0 Å². The maximum atomic E-state index is 13.1. The van der Waals surface area contributed by atoms with E-state index < -0.39 is 7.49 Å². The van der Waals surface area contributed by atoms with Crippen LogP contribution in [0.15, 0.2) is 107 Å². The molecule has 3 nitrogen and oxygen atoms in total. The molecule has 0 bridgehead atoms. The predicted molar refractivity (Wildman–Crippen MR) is 193 cm³/mol. The molecule has 2 aromatic rings. The highest BCUT2D eigenvalue weighted by molar-refractivity contribution is 7.79. The second-order valence-electron chi connectivity index (χ2n) is 13.8. The van der Waals surface area contributed by atoms with Crippen LogP contribution in [0.25, 0.3) is 16.7 Å². The summed E-state index contributed by atoms with van der Waals surface area (Å²) in [7, 11) is -2.60. The van der Waals surface area contributed by atoms with Crippen molar-refractivity contribution in [1.82, 2.24) is 9.55 Å². The van der Waals surface area contributed by atoms with E-state index in [4.69, 9.17) is 4.98 Å². The Morgan fingerprint density at radius 1 is 0.956 bits per heavy atom. The average molecular weight is 618 g/mol. The van der Waals surface area contributed by atoms with Gasteiger partial charge in [-0.3, -0.25) is 4.57 Å². The SMILES string of the molecule is C=CC1=C(/C=C(\C)[P+](O)(C2=CCCC=C2)C2CCCCCC2)n2c(nc3ccc(C4CCCCC4)cc32)CC2=C1CC=CC=C2. The number of fused-ring (bicyclic) bond motifs is 3. The molecule has 4 heteroatoms. The van der Waals surface area contributed by atoms with Gasteiger partial charge in [-0.25, -0.2) is 9.88 Å². The number of imidazole rings is 1. The van der Waals surface area contributed by atoms with Gasteiger partial charge in [-0.05, 0) is 112 Å². The van der Waals surface area contributed by atoms with E-state index >= 15 is 0 Å². The van der Waals surface area contributed by atoms with E-state index in [1.165, 1.54) is 90.9 Å². The third-order valence-electron chi connectivity index (χ3n) is 11.1. The van der Waals surface area contributed by atoms with Crippen molar-refractivity contribution in [1.29, 1.82) is 0 Å². The van der Waals surface area contributed by atoms with Gasteiger partial charge in [0.25, 0.3) is 0 Å². The number of aromatic nitrogens is 2. The fourth-order valence-corrected chi connectivity index (χ4v) is 12.2. The second-order valence-corrected chi connectivity index (χ2v) is 17.2. The minimum absolute atomic E-state index is 0.319. The molecule has 1 aromatic heterocycles. The van der Waals surface area contributed by atoms with E-state index in [9.17, 15) is 4.89 Å². The maximum absolute atomic E-state index is 13.1. The van der Waals surface area contributed by atoms with Crippen LogP contribution in [0.4, 0.5) is 0 Å². The molecule has 0 saturated heterocycles. The van der Waals surface area contributed by atoms with Crippen molar-refractivity contribution >= 4 is 24.2 Å². The van der Waals surface area contributed by atoms with E-state index in [-0.39, 0.29) is 0 Å². The Labute approximate surface area is 271 Å². The summed E-state index contributed by atoms with van der Waals surface area (Å²) in [6, 6.07) is 7.04. The van der Waals surface area contributed by atoms with Gasteiger partial charge in [-0.1, -0.05) is 81.2 Å². The molecule has 1 atom stereocenters. The van der Waals surface area contributed by atoms with Crippen molar-refractivity contribution in [2.75, 3.05) is 0 Å². The standard InChI is InChI=1S/C41H50N2OP/c1-3-36-37-24-16-7-11-19-33(37)29-41-42-38-26-25-32(31-17-9-6-10-18-31)28-40(38)43(41)39(36)27-30(2)45(44,35-22-14-8-15-23-35)34-20-12-4-5-13-21-34/h3,7,11,14,16,19,22-23,25-28,31,34,44H,1,4-6,8-10,12-13,15,17-18,20-21,24,29H2,2H3/q+1/b30-27+. The summed E-state index contributed by atoms with van der Waals surface area (Å²) >= 11 is 0. The van der Waals surface area contributed by atoms with Crippen LogP contribution in [-0.4, -0.2) is 20.1 Å². The van der Waals surface area contributed by atoms with Gasteiger partial charge in [0.15, 0.2) is 0 Å². The monoisotopic (exact) mass is 617 g/mol. The molecule has 45 heavy (non-hydrogen) atoms. The van der Waals surface area contributed by atoms with Crippen molar-refractivity contribution in [3.8, 4) is 0 Å². The van der Waals surface area contributed by atoms with E-state index in [2.05, 4.69) is 91.0 Å². The molecular formula is C41H50N2OP+. The number of benzene rings is 1. The number of hydrogen-bond donors (Lipinski definition) is 1. The summed E-state index contributed by atoms with van der Waals surface area (Å²) in [5, 5.41) is 2.33. The molecule has 0 amide bonds. The lowest BCUT2D eigenvalue weighted by Crippen LogP contribution is -2.16. The normalized spacial score (nSPS) is 23.2. The molecule has 0 radical (unpaired) electrons. The van der Waals surface area contributed by atoms with Crippen LogP contribution in [0, 0.1) is 0 Å². The predicted octanol–water partition coefficient (Wildman–Crippen LogP) is 11.6. The van der Waals surface area contributed by atoms with Gasteiger partial charge in [0.05, 0.1) is 16.7 Å². The molecule has 0 spiro atoms. The van der Waals surface area contributed by atoms with Crippen molar-refractivity contribution in [2.24, 2.45) is 0 Å². The van der Waals surface area contributed by atoms with E-state index in [0.29, 0.717) is 11.6 Å². The highest BCUT2D eigenvalue weighted by Crippen LogP contribution is 2.75. The summed E-state index contributed by atoms with van der Waals surface area (Å²) in [6.07, 6.45) is 37.7. The first kappa shape index (κ1) is 30.6. The summed E-state index contributed by atoms with van der Waals surface area (Å²) in [6.45, 7) is 6.64. The zero-order valence-electron chi connectivity index (χ0n) is 27.2. The zero-order valence-corrected chi connectivity index (χ0v) is 28.1. The Morgan fingerprint density at radius 2 is 1.73 bits per heavy atom. The lowest BCUT2D eigenvalue weighted by molar-refractivity contribution is 0.444. The van der Waals surface area contributed by atoms with Crippen molar-refractivity contribution in [2.45, 2.75) is 115 Å². The summed E-state index contributed by atoms with van der Waals surface area (Å²) < 4.78 is 2.44. The zero-order chi connectivity index (χ0) is 30.8. The smallest absolute Gasteiger partial charge is 0.204 e. The number of rotatable bonds is 6. The largest absolute Gasteiger partial charge is 0.295 e. The number of nitrogens with zero attached hydrogens (tertiary/aromatic N) is 2. The molecule has 1 N–H and O–H groups in total. The second kappa shape index (κ2) is 13.4. The van der Waals surface area contributed by atoms with Gasteiger partial charge in [0, 0.05) is 18.1 Å². The fourth-order valence-electron chi connectivity index (χ4n) is 8.63. The minimum Gasteiger partial charge on any atom is -0.295 e. The first-order chi connectivity index (χ1) is 22.1. The van der Waals surface area contributed by atoms with Crippen molar-refractivity contribution in [3.63, 3.8) is 0 Å². The van der Waals surface area contributed by atoms with Crippen LogP contribution in [0.5, 0.6) is 0 Å². The summed E-state index contributed by atoms with van der Waals surface area (Å²) in [5.74, 6) is 1.71. The Balaban J connectivity index is 1.45. The van der Waals surface area contributed by atoms with Gasteiger partial charge in [0.2, 0.25) is 7.49 Å². The highest BCUT2D eigenvalue weighted by Gasteiger charge is 2.50. The Kier molecular flexibility index (Phi) is 9.12. The first-order valence-corrected chi connectivity index (χ1v) is 19.5. The minimum atomic E-state index is -2.60. The number of allylic oxidation sites excluding steroid dienone is 15. The summed E-state index contributed by atoms with van der Waals surface area (Å²) in [4.78, 5) is 18.4. The molecule has 1 unspecified atom stereocenters. The fraction of sp³-hybridized carbons (Fsp3) is 0.439. The van der Waals surface area contributed by atoms with Gasteiger partial charge in [-0.15, -0.1) is 0 Å². The van der Waals surface area contributed by atoms with E-state index in [1.807, 2.05) is 0 Å². The van der Waals surface area contributed by atoms with Crippen LogP contribution in [0.2, 0.25) is 0 Å². The first-order valence-electron chi connectivity index (χ1n) is 17.7. The third kappa shape index (κ3) is 5.88. The lowest BCUT2D eigenvalue weighted by atomic mass is 9.84. The van der Waals surface area contributed by atoms with Gasteiger partial charge in [0.1, 0.15) is 22.1 Å². The van der Waals surface area contributed by atoms with E-state index in [1.54, 1.807) is 0 Å². The molecule has 5 aliphatic rings. The summed E-state index contributed by atoms with van der Waals surface area (Å²) in [5.41, 5.74) is 8.95. The average Bonchev–Trinajstić information content (AvgIpc) is 3.31. The molecule has 1 aromatic carbocycles. The lowest BCUT2D eigenvalue weighted by Gasteiger charge is -2.30. The van der Waals surface area contributed by atoms with Crippen LogP contribution in [-0.2, 0) is 6.42 Å². The van der Waals surface area contributed by atoms with E-state index in [0.717, 1.165) is 60.9 Å². The molecule has 4 aliphatic carbocycles. The van der Waals surface area contributed by atoms with Gasteiger partial charge >= 0.3 is 0 Å². The molecule has 234 valence electrons. The molecule has 1 aliphatic heterocycles. The Morgan fingerprint density at radius 3 is 2.49 bits per heavy atom. The maximum Gasteiger partial charge on any atom is 0.204 e. The van der Waals surface area contributed by atoms with Crippen LogP contribution in [0.1, 0.15) is 114 Å². The molecular weight excluding hydrogens is 567 g/mol. The molecule has 7 rings (SSSR count). The van der Waals surface area contributed by atoms with Crippen molar-refractivity contribution < 1.29 is 4.89 Å². The number of hydrogen-bond acceptors (Lipinski definition) is 2. The van der Waals surface area contributed by atoms with Gasteiger partial charge < -0.3 is 0 Å².